The highest BCUT2D eigenvalue weighted by Gasteiger charge is 2.00. The maximum atomic E-state index is 10.6. The Morgan fingerprint density at radius 2 is 1.24 bits per heavy atom. The fourth-order valence-corrected chi connectivity index (χ4v) is 2.06. The maximum Gasteiger partial charge on any atom is 0.307 e. The van der Waals surface area contributed by atoms with Gasteiger partial charge in [-0.25, -0.2) is 0 Å². The third-order valence-corrected chi connectivity index (χ3v) is 3.24. The average Bonchev–Trinajstić information content (AvgIpc) is 2.49. The number of aliphatic carboxylic acids is 1. The van der Waals surface area contributed by atoms with Crippen molar-refractivity contribution in [2.24, 2.45) is 0 Å². The Hall–Kier alpha value is -2.17. The van der Waals surface area contributed by atoms with E-state index in [1.807, 2.05) is 48.5 Å². The molecule has 21 heavy (non-hydrogen) atoms. The summed E-state index contributed by atoms with van der Waals surface area (Å²) in [5.74, 6) is -0.813. The minimum absolute atomic E-state index is 0.0604. The molecule has 3 N–H and O–H groups in total. The molecule has 0 amide bonds. The van der Waals surface area contributed by atoms with Crippen LogP contribution in [0.25, 0.3) is 0 Å². The van der Waals surface area contributed by atoms with Crippen LogP contribution in [0.3, 0.4) is 0 Å². The number of hydrogen-bond acceptors (Lipinski definition) is 3. The standard InChI is InChI=1S/C17H19NO3/c19-12-16-7-5-15(6-8-16)11-18-10-14-3-1-13(2-4-14)9-17(20)21/h1-8,18-19H,9-12H2,(H,20,21). The molecule has 0 bridgehead atoms. The second kappa shape index (κ2) is 7.57. The maximum absolute atomic E-state index is 10.6. The van der Waals surface area contributed by atoms with Gasteiger partial charge in [-0.3, -0.25) is 4.79 Å². The van der Waals surface area contributed by atoms with Gasteiger partial charge in [0.2, 0.25) is 0 Å². The van der Waals surface area contributed by atoms with Gasteiger partial charge in [-0.2, -0.15) is 0 Å². The van der Waals surface area contributed by atoms with Gasteiger partial charge in [-0.05, 0) is 22.3 Å². The Labute approximate surface area is 124 Å². The van der Waals surface area contributed by atoms with Crippen molar-refractivity contribution >= 4 is 5.97 Å². The van der Waals surface area contributed by atoms with Gasteiger partial charge in [0.05, 0.1) is 13.0 Å². The van der Waals surface area contributed by atoms with Crippen LogP contribution in [0.1, 0.15) is 22.3 Å². The van der Waals surface area contributed by atoms with E-state index < -0.39 is 5.97 Å². The van der Waals surface area contributed by atoms with Crippen LogP contribution in [0.15, 0.2) is 48.5 Å². The zero-order valence-electron chi connectivity index (χ0n) is 11.7. The fourth-order valence-electron chi connectivity index (χ4n) is 2.06. The molecule has 0 aliphatic rings. The molecule has 0 aromatic heterocycles. The van der Waals surface area contributed by atoms with Gasteiger partial charge >= 0.3 is 5.97 Å². The number of aliphatic hydroxyl groups is 1. The van der Waals surface area contributed by atoms with Crippen LogP contribution in [-0.2, 0) is 30.9 Å². The first-order valence-corrected chi connectivity index (χ1v) is 6.86. The van der Waals surface area contributed by atoms with Gasteiger partial charge < -0.3 is 15.5 Å². The number of carbonyl (C=O) groups is 1. The van der Waals surface area contributed by atoms with Gasteiger partial charge in [0.15, 0.2) is 0 Å². The smallest absolute Gasteiger partial charge is 0.307 e. The molecule has 2 aromatic rings. The number of nitrogens with one attached hydrogen (secondary N) is 1. The van der Waals surface area contributed by atoms with E-state index in [2.05, 4.69) is 5.32 Å². The van der Waals surface area contributed by atoms with Gasteiger partial charge in [0.1, 0.15) is 0 Å². The molecule has 0 aliphatic carbocycles. The number of benzene rings is 2. The molecule has 4 nitrogen and oxygen atoms in total. The van der Waals surface area contributed by atoms with Crippen molar-refractivity contribution in [3.8, 4) is 0 Å². The molecule has 110 valence electrons. The fraction of sp³-hybridized carbons (Fsp3) is 0.235. The monoisotopic (exact) mass is 285 g/mol. The van der Waals surface area contributed by atoms with E-state index in [1.54, 1.807) is 0 Å². The quantitative estimate of drug-likeness (QED) is 0.728. The third kappa shape index (κ3) is 5.02. The molecule has 2 rings (SSSR count). The molecule has 0 radical (unpaired) electrons. The Morgan fingerprint density at radius 3 is 1.67 bits per heavy atom. The van der Waals surface area contributed by atoms with Crippen molar-refractivity contribution in [1.82, 2.24) is 5.32 Å². The summed E-state index contributed by atoms with van der Waals surface area (Å²) in [5.41, 5.74) is 4.00. The minimum Gasteiger partial charge on any atom is -0.481 e. The first kappa shape index (κ1) is 15.2. The van der Waals surface area contributed by atoms with Crippen molar-refractivity contribution in [1.29, 1.82) is 0 Å². The lowest BCUT2D eigenvalue weighted by Crippen LogP contribution is -2.12. The van der Waals surface area contributed by atoms with Crippen LogP contribution in [0.4, 0.5) is 0 Å². The zero-order chi connectivity index (χ0) is 15.1. The van der Waals surface area contributed by atoms with E-state index in [-0.39, 0.29) is 13.0 Å². The molecule has 0 fully saturated rings. The predicted molar refractivity (Wildman–Crippen MR) is 80.7 cm³/mol. The second-order valence-electron chi connectivity index (χ2n) is 4.97. The van der Waals surface area contributed by atoms with Crippen LogP contribution in [0.5, 0.6) is 0 Å². The van der Waals surface area contributed by atoms with Crippen molar-refractivity contribution in [2.75, 3.05) is 0 Å². The molecule has 0 saturated heterocycles. The van der Waals surface area contributed by atoms with Gasteiger partial charge in [0.25, 0.3) is 0 Å². The first-order chi connectivity index (χ1) is 10.2. The molecule has 4 heteroatoms. The Bertz CT molecular complexity index is 576. The largest absolute Gasteiger partial charge is 0.481 e. The topological polar surface area (TPSA) is 69.6 Å². The van der Waals surface area contributed by atoms with E-state index in [4.69, 9.17) is 10.2 Å². The molecule has 0 saturated carbocycles. The van der Waals surface area contributed by atoms with Crippen molar-refractivity contribution < 1.29 is 15.0 Å². The number of rotatable bonds is 7. The van der Waals surface area contributed by atoms with Gasteiger partial charge in [-0.15, -0.1) is 0 Å². The highest BCUT2D eigenvalue weighted by atomic mass is 16.4. The van der Waals surface area contributed by atoms with Crippen LogP contribution in [0.2, 0.25) is 0 Å². The molecule has 0 heterocycles. The summed E-state index contributed by atoms with van der Waals surface area (Å²) < 4.78 is 0. The lowest BCUT2D eigenvalue weighted by Gasteiger charge is -2.06. The third-order valence-electron chi connectivity index (χ3n) is 3.24. The highest BCUT2D eigenvalue weighted by Crippen LogP contribution is 2.07. The van der Waals surface area contributed by atoms with Crippen molar-refractivity contribution in [3.63, 3.8) is 0 Å². The molecule has 0 aliphatic heterocycles. The highest BCUT2D eigenvalue weighted by molar-refractivity contribution is 5.70. The number of carboxylic acids is 1. The Balaban J connectivity index is 1.81. The minimum atomic E-state index is -0.813. The van der Waals surface area contributed by atoms with Crippen LogP contribution >= 0.6 is 0 Å². The molecular formula is C17H19NO3. The predicted octanol–water partition coefficient (Wildman–Crippen LogP) is 2.10. The zero-order valence-corrected chi connectivity index (χ0v) is 11.7. The second-order valence-corrected chi connectivity index (χ2v) is 4.97. The van der Waals surface area contributed by atoms with E-state index in [9.17, 15) is 4.79 Å². The average molecular weight is 285 g/mol. The molecular weight excluding hydrogens is 266 g/mol. The number of hydrogen-bond donors (Lipinski definition) is 3. The molecule has 0 unspecified atom stereocenters. The molecule has 2 aromatic carbocycles. The Morgan fingerprint density at radius 1 is 0.810 bits per heavy atom. The Kier molecular flexibility index (Phi) is 5.49. The summed E-state index contributed by atoms with van der Waals surface area (Å²) >= 11 is 0. The van der Waals surface area contributed by atoms with Crippen molar-refractivity contribution in [3.05, 3.63) is 70.8 Å². The van der Waals surface area contributed by atoms with E-state index in [1.165, 1.54) is 0 Å². The molecule has 0 spiro atoms. The lowest BCUT2D eigenvalue weighted by atomic mass is 10.1. The van der Waals surface area contributed by atoms with Crippen LogP contribution < -0.4 is 5.32 Å². The van der Waals surface area contributed by atoms with Crippen LogP contribution in [-0.4, -0.2) is 16.2 Å². The van der Waals surface area contributed by atoms with E-state index >= 15 is 0 Å². The van der Waals surface area contributed by atoms with Gasteiger partial charge in [0, 0.05) is 13.1 Å². The van der Waals surface area contributed by atoms with E-state index in [0.29, 0.717) is 0 Å². The normalized spacial score (nSPS) is 10.5. The summed E-state index contributed by atoms with van der Waals surface area (Å²) in [6, 6.07) is 15.4. The number of aliphatic hydroxyl groups excluding tert-OH is 1. The summed E-state index contributed by atoms with van der Waals surface area (Å²) in [7, 11) is 0. The SMILES string of the molecule is O=C(O)Cc1ccc(CNCc2ccc(CO)cc2)cc1. The van der Waals surface area contributed by atoms with Gasteiger partial charge in [-0.1, -0.05) is 48.5 Å². The number of carboxylic acid groups (broad SMARTS) is 1. The summed E-state index contributed by atoms with van der Waals surface area (Å²) in [6.45, 7) is 1.55. The molecule has 0 atom stereocenters. The summed E-state index contributed by atoms with van der Waals surface area (Å²) in [4.78, 5) is 10.6. The first-order valence-electron chi connectivity index (χ1n) is 6.86. The summed E-state index contributed by atoms with van der Waals surface area (Å²) in [5, 5.41) is 21.0. The lowest BCUT2D eigenvalue weighted by molar-refractivity contribution is -0.136. The van der Waals surface area contributed by atoms with Crippen LogP contribution in [0, 0.1) is 0 Å². The van der Waals surface area contributed by atoms with E-state index in [0.717, 1.165) is 35.3 Å². The summed E-state index contributed by atoms with van der Waals surface area (Å²) in [6.07, 6.45) is 0.0604. The van der Waals surface area contributed by atoms with Crippen molar-refractivity contribution in [2.45, 2.75) is 26.1 Å².